The number of hydrogen-bond acceptors (Lipinski definition) is 5. The minimum absolute atomic E-state index is 0.0489. The molecule has 1 heterocycles. The maximum Gasteiger partial charge on any atom is 0.215 e. The number of sulfonamides is 1. The Bertz CT molecular complexity index is 442. The van der Waals surface area contributed by atoms with Crippen molar-refractivity contribution in [2.24, 2.45) is 0 Å². The molecule has 2 N–H and O–H groups in total. The largest absolute Gasteiger partial charge is 0.392 e. The van der Waals surface area contributed by atoms with E-state index in [1.807, 2.05) is 6.92 Å². The molecule has 0 aliphatic carbocycles. The lowest BCUT2D eigenvalue weighted by molar-refractivity contribution is 0.167. The van der Waals surface area contributed by atoms with Gasteiger partial charge in [0, 0.05) is 6.54 Å². The normalized spacial score (nSPS) is 25.9. The van der Waals surface area contributed by atoms with Crippen LogP contribution in [0.3, 0.4) is 0 Å². The Morgan fingerprint density at radius 1 is 1.47 bits per heavy atom. The van der Waals surface area contributed by atoms with Gasteiger partial charge in [-0.2, -0.15) is 0 Å². The Hall–Kier alpha value is -0.180. The van der Waals surface area contributed by atoms with Crippen molar-refractivity contribution in [1.29, 1.82) is 0 Å². The molecule has 6 nitrogen and oxygen atoms in total. The van der Waals surface area contributed by atoms with Crippen molar-refractivity contribution < 1.29 is 21.9 Å². The van der Waals surface area contributed by atoms with Crippen LogP contribution in [0.2, 0.25) is 0 Å². The molecule has 8 heteroatoms. The van der Waals surface area contributed by atoms with Crippen molar-refractivity contribution >= 4 is 19.9 Å². The number of hydrogen-bond donors (Lipinski definition) is 2. The van der Waals surface area contributed by atoms with Crippen LogP contribution < -0.4 is 4.72 Å². The van der Waals surface area contributed by atoms with Crippen LogP contribution in [0.25, 0.3) is 0 Å². The number of aliphatic hydroxyl groups is 1. The highest BCUT2D eigenvalue weighted by Gasteiger charge is 2.37. The van der Waals surface area contributed by atoms with Crippen LogP contribution in [-0.2, 0) is 19.9 Å². The molecular formula is C9H19NO5S2. The summed E-state index contributed by atoms with van der Waals surface area (Å²) in [6.45, 7) is 1.84. The van der Waals surface area contributed by atoms with E-state index in [4.69, 9.17) is 0 Å². The zero-order chi connectivity index (χ0) is 13.1. The van der Waals surface area contributed by atoms with Crippen LogP contribution in [-0.4, -0.2) is 51.3 Å². The highest BCUT2D eigenvalue weighted by molar-refractivity contribution is 7.95. The van der Waals surface area contributed by atoms with E-state index in [0.29, 0.717) is 6.42 Å². The molecule has 0 amide bonds. The van der Waals surface area contributed by atoms with E-state index >= 15 is 0 Å². The summed E-state index contributed by atoms with van der Waals surface area (Å²) >= 11 is 0. The molecule has 0 aromatic rings. The smallest absolute Gasteiger partial charge is 0.215 e. The van der Waals surface area contributed by atoms with Crippen LogP contribution in [0, 0.1) is 0 Å². The second-order valence-electron chi connectivity index (χ2n) is 4.36. The van der Waals surface area contributed by atoms with Gasteiger partial charge in [-0.05, 0) is 12.8 Å². The van der Waals surface area contributed by atoms with E-state index in [1.165, 1.54) is 0 Å². The summed E-state index contributed by atoms with van der Waals surface area (Å²) in [7, 11) is -6.84. The molecule has 0 bridgehead atoms. The van der Waals surface area contributed by atoms with Crippen molar-refractivity contribution in [2.75, 3.05) is 18.1 Å². The van der Waals surface area contributed by atoms with E-state index in [9.17, 15) is 21.9 Å². The van der Waals surface area contributed by atoms with Crippen LogP contribution in [0.1, 0.15) is 26.2 Å². The second-order valence-corrected chi connectivity index (χ2v) is 8.64. The van der Waals surface area contributed by atoms with Gasteiger partial charge in [0.05, 0.1) is 22.9 Å². The maximum absolute atomic E-state index is 11.7. The zero-order valence-corrected chi connectivity index (χ0v) is 11.4. The molecular weight excluding hydrogens is 266 g/mol. The molecule has 2 atom stereocenters. The highest BCUT2D eigenvalue weighted by Crippen LogP contribution is 2.18. The molecule has 1 saturated heterocycles. The average Bonchev–Trinajstić information content (AvgIpc) is 2.57. The summed E-state index contributed by atoms with van der Waals surface area (Å²) in [6, 6.07) is 0. The van der Waals surface area contributed by atoms with Gasteiger partial charge in [-0.3, -0.25) is 0 Å². The molecule has 0 aromatic heterocycles. The fourth-order valence-electron chi connectivity index (χ4n) is 1.77. The lowest BCUT2D eigenvalue weighted by atomic mass is 10.2. The summed E-state index contributed by atoms with van der Waals surface area (Å²) in [4.78, 5) is 0. The number of rotatable bonds is 6. The molecule has 2 unspecified atom stereocenters. The Kier molecular flexibility index (Phi) is 4.94. The van der Waals surface area contributed by atoms with Crippen molar-refractivity contribution in [2.45, 2.75) is 37.5 Å². The fraction of sp³-hybridized carbons (Fsp3) is 1.00. The molecule has 1 rings (SSSR count). The van der Waals surface area contributed by atoms with Gasteiger partial charge in [0.15, 0.2) is 9.84 Å². The fourth-order valence-corrected chi connectivity index (χ4v) is 5.89. The lowest BCUT2D eigenvalue weighted by Crippen LogP contribution is -2.39. The average molecular weight is 285 g/mol. The highest BCUT2D eigenvalue weighted by atomic mass is 32.2. The van der Waals surface area contributed by atoms with Gasteiger partial charge < -0.3 is 5.11 Å². The topological polar surface area (TPSA) is 101 Å². The summed E-state index contributed by atoms with van der Waals surface area (Å²) in [5.41, 5.74) is 0. The Morgan fingerprint density at radius 2 is 2.12 bits per heavy atom. The van der Waals surface area contributed by atoms with E-state index in [2.05, 4.69) is 4.72 Å². The SMILES string of the molecule is CCCC(O)CNS(=O)(=O)C1CCS(=O)(=O)C1. The van der Waals surface area contributed by atoms with Gasteiger partial charge in [-0.15, -0.1) is 0 Å². The zero-order valence-electron chi connectivity index (χ0n) is 9.79. The number of nitrogens with one attached hydrogen (secondary N) is 1. The summed E-state index contributed by atoms with van der Waals surface area (Å²) in [6.07, 6.45) is 0.709. The quantitative estimate of drug-likeness (QED) is 0.669. The summed E-state index contributed by atoms with van der Waals surface area (Å²) < 4.78 is 48.1. The van der Waals surface area contributed by atoms with Gasteiger partial charge in [0.1, 0.15) is 0 Å². The first-order valence-electron chi connectivity index (χ1n) is 5.64. The van der Waals surface area contributed by atoms with Gasteiger partial charge in [0.2, 0.25) is 10.0 Å². The molecule has 1 aliphatic heterocycles. The summed E-state index contributed by atoms with van der Waals surface area (Å²) in [5.74, 6) is -0.387. The second kappa shape index (κ2) is 5.64. The van der Waals surface area contributed by atoms with Gasteiger partial charge in [0.25, 0.3) is 0 Å². The molecule has 0 aromatic carbocycles. The van der Waals surface area contributed by atoms with Crippen LogP contribution >= 0.6 is 0 Å². The van der Waals surface area contributed by atoms with Crippen molar-refractivity contribution in [3.63, 3.8) is 0 Å². The predicted octanol–water partition coefficient (Wildman–Crippen LogP) is -0.746. The third kappa shape index (κ3) is 4.53. The molecule has 1 aliphatic rings. The van der Waals surface area contributed by atoms with Crippen molar-refractivity contribution in [1.82, 2.24) is 4.72 Å². The first kappa shape index (κ1) is 14.9. The minimum atomic E-state index is -3.63. The van der Waals surface area contributed by atoms with Crippen LogP contribution in [0.4, 0.5) is 0 Å². The van der Waals surface area contributed by atoms with Gasteiger partial charge >= 0.3 is 0 Å². The third-order valence-corrected chi connectivity index (χ3v) is 6.60. The lowest BCUT2D eigenvalue weighted by Gasteiger charge is -2.14. The Labute approximate surface area is 102 Å². The van der Waals surface area contributed by atoms with Crippen LogP contribution in [0.5, 0.6) is 0 Å². The standard InChI is InChI=1S/C9H19NO5S2/c1-2-3-8(11)6-10-17(14,15)9-4-5-16(12,13)7-9/h8-11H,2-7H2,1H3. The van der Waals surface area contributed by atoms with Gasteiger partial charge in [-0.1, -0.05) is 13.3 Å². The predicted molar refractivity (Wildman–Crippen MR) is 64.9 cm³/mol. The van der Waals surface area contributed by atoms with Crippen molar-refractivity contribution in [3.05, 3.63) is 0 Å². The molecule has 0 radical (unpaired) electrons. The number of aliphatic hydroxyl groups excluding tert-OH is 1. The van der Waals surface area contributed by atoms with Crippen LogP contribution in [0.15, 0.2) is 0 Å². The Balaban J connectivity index is 2.53. The first-order valence-corrected chi connectivity index (χ1v) is 9.00. The summed E-state index contributed by atoms with van der Waals surface area (Å²) in [5, 5.41) is 8.54. The van der Waals surface area contributed by atoms with E-state index in [0.717, 1.165) is 6.42 Å². The van der Waals surface area contributed by atoms with E-state index < -0.39 is 31.2 Å². The monoisotopic (exact) mass is 285 g/mol. The molecule has 1 fully saturated rings. The number of sulfone groups is 1. The molecule has 0 saturated carbocycles. The minimum Gasteiger partial charge on any atom is -0.392 e. The molecule has 0 spiro atoms. The molecule has 17 heavy (non-hydrogen) atoms. The maximum atomic E-state index is 11.7. The molecule has 102 valence electrons. The van der Waals surface area contributed by atoms with Crippen molar-refractivity contribution in [3.8, 4) is 0 Å². The van der Waals surface area contributed by atoms with E-state index in [1.54, 1.807) is 0 Å². The van der Waals surface area contributed by atoms with E-state index in [-0.39, 0.29) is 24.5 Å². The first-order chi connectivity index (χ1) is 7.77. The Morgan fingerprint density at radius 3 is 2.59 bits per heavy atom. The third-order valence-electron chi connectivity index (χ3n) is 2.77. The van der Waals surface area contributed by atoms with Gasteiger partial charge in [-0.25, -0.2) is 21.6 Å².